The van der Waals surface area contributed by atoms with Crippen molar-refractivity contribution in [1.29, 1.82) is 0 Å². The standard InChI is InChI=1S/C14H15FN2O3S/c1-10(11-5-6-14(20-2)13(15)8-11)17-21(18,19)12-4-3-7-16-9-12/h3-10,17H,1-2H3/t10-/m0/s1. The summed E-state index contributed by atoms with van der Waals surface area (Å²) in [6, 6.07) is 6.70. The van der Waals surface area contributed by atoms with Gasteiger partial charge in [0.15, 0.2) is 11.6 Å². The van der Waals surface area contributed by atoms with Crippen LogP contribution in [0.25, 0.3) is 0 Å². The van der Waals surface area contributed by atoms with Crippen LogP contribution in [0.1, 0.15) is 18.5 Å². The molecular weight excluding hydrogens is 295 g/mol. The molecule has 1 N–H and O–H groups in total. The molecule has 0 fully saturated rings. The highest BCUT2D eigenvalue weighted by molar-refractivity contribution is 7.89. The molecule has 0 aliphatic carbocycles. The molecule has 2 aromatic rings. The van der Waals surface area contributed by atoms with Gasteiger partial charge in [-0.1, -0.05) is 6.07 Å². The lowest BCUT2D eigenvalue weighted by Gasteiger charge is -2.15. The molecule has 5 nitrogen and oxygen atoms in total. The number of benzene rings is 1. The monoisotopic (exact) mass is 310 g/mol. The summed E-state index contributed by atoms with van der Waals surface area (Å²) in [6.45, 7) is 1.63. The maximum Gasteiger partial charge on any atom is 0.242 e. The first-order valence-corrected chi connectivity index (χ1v) is 7.68. The van der Waals surface area contributed by atoms with E-state index in [2.05, 4.69) is 9.71 Å². The van der Waals surface area contributed by atoms with Gasteiger partial charge >= 0.3 is 0 Å². The molecule has 112 valence electrons. The van der Waals surface area contributed by atoms with Gasteiger partial charge in [-0.2, -0.15) is 0 Å². The van der Waals surface area contributed by atoms with E-state index in [0.29, 0.717) is 5.56 Å². The second kappa shape index (κ2) is 6.19. The Hall–Kier alpha value is -1.99. The predicted octanol–water partition coefficient (Wildman–Crippen LogP) is 2.27. The smallest absolute Gasteiger partial charge is 0.242 e. The van der Waals surface area contributed by atoms with E-state index in [9.17, 15) is 12.8 Å². The van der Waals surface area contributed by atoms with Gasteiger partial charge in [0.2, 0.25) is 10.0 Å². The largest absolute Gasteiger partial charge is 0.494 e. The summed E-state index contributed by atoms with van der Waals surface area (Å²) in [5.41, 5.74) is 0.501. The molecule has 0 bridgehead atoms. The second-order valence-corrected chi connectivity index (χ2v) is 6.14. The maximum absolute atomic E-state index is 13.7. The number of rotatable bonds is 5. The molecule has 0 unspecified atom stereocenters. The molecule has 0 saturated heterocycles. The van der Waals surface area contributed by atoms with Gasteiger partial charge in [0, 0.05) is 18.4 Å². The van der Waals surface area contributed by atoms with Gasteiger partial charge in [0.25, 0.3) is 0 Å². The van der Waals surface area contributed by atoms with E-state index in [1.165, 1.54) is 43.8 Å². The molecule has 1 aromatic carbocycles. The number of ether oxygens (including phenoxy) is 1. The number of aromatic nitrogens is 1. The van der Waals surface area contributed by atoms with Gasteiger partial charge in [-0.15, -0.1) is 0 Å². The normalized spacial score (nSPS) is 12.9. The van der Waals surface area contributed by atoms with Gasteiger partial charge in [0.1, 0.15) is 4.90 Å². The summed E-state index contributed by atoms with van der Waals surface area (Å²) in [6.07, 6.45) is 2.74. The van der Waals surface area contributed by atoms with Crippen molar-refractivity contribution in [3.63, 3.8) is 0 Å². The maximum atomic E-state index is 13.7. The molecule has 0 radical (unpaired) electrons. The van der Waals surface area contributed by atoms with Gasteiger partial charge in [-0.3, -0.25) is 4.98 Å². The molecule has 0 amide bonds. The molecule has 7 heteroatoms. The van der Waals surface area contributed by atoms with Crippen LogP contribution in [0, 0.1) is 5.82 Å². The van der Waals surface area contributed by atoms with Gasteiger partial charge in [-0.05, 0) is 36.8 Å². The van der Waals surface area contributed by atoms with Gasteiger partial charge in [0.05, 0.1) is 7.11 Å². The fourth-order valence-corrected chi connectivity index (χ4v) is 3.02. The van der Waals surface area contributed by atoms with Crippen molar-refractivity contribution in [2.45, 2.75) is 17.9 Å². The minimum Gasteiger partial charge on any atom is -0.494 e. The summed E-state index contributed by atoms with van der Waals surface area (Å²) in [5, 5.41) is 0. The van der Waals surface area contributed by atoms with Crippen LogP contribution in [-0.2, 0) is 10.0 Å². The lowest BCUT2D eigenvalue weighted by molar-refractivity contribution is 0.386. The number of sulfonamides is 1. The van der Waals surface area contributed by atoms with E-state index in [4.69, 9.17) is 4.74 Å². The van der Waals surface area contributed by atoms with Gasteiger partial charge < -0.3 is 4.74 Å². The molecule has 0 aliphatic rings. The highest BCUT2D eigenvalue weighted by Gasteiger charge is 2.19. The average Bonchev–Trinajstić information content (AvgIpc) is 2.47. The number of halogens is 1. The molecule has 1 aromatic heterocycles. The van der Waals surface area contributed by atoms with Crippen LogP contribution < -0.4 is 9.46 Å². The first-order valence-electron chi connectivity index (χ1n) is 6.20. The number of pyridine rings is 1. The second-order valence-electron chi connectivity index (χ2n) is 4.43. The van der Waals surface area contributed by atoms with Crippen molar-refractivity contribution in [2.24, 2.45) is 0 Å². The fourth-order valence-electron chi connectivity index (χ4n) is 1.83. The third-order valence-corrected chi connectivity index (χ3v) is 4.48. The van der Waals surface area contributed by atoms with Crippen LogP contribution in [0.3, 0.4) is 0 Å². The topological polar surface area (TPSA) is 68.3 Å². The molecule has 0 saturated carbocycles. The molecule has 1 heterocycles. The zero-order valence-corrected chi connectivity index (χ0v) is 12.4. The average molecular weight is 310 g/mol. The summed E-state index contributed by atoms with van der Waals surface area (Å²) >= 11 is 0. The van der Waals surface area contributed by atoms with Crippen molar-refractivity contribution in [3.05, 3.63) is 54.1 Å². The van der Waals surface area contributed by atoms with E-state index in [-0.39, 0.29) is 10.6 Å². The van der Waals surface area contributed by atoms with E-state index in [1.54, 1.807) is 13.0 Å². The Morgan fingerprint density at radius 3 is 2.67 bits per heavy atom. The SMILES string of the molecule is COc1ccc([C@H](C)NS(=O)(=O)c2cccnc2)cc1F. The van der Waals surface area contributed by atoms with Crippen molar-refractivity contribution in [2.75, 3.05) is 7.11 Å². The van der Waals surface area contributed by atoms with Crippen LogP contribution in [0.4, 0.5) is 4.39 Å². The Balaban J connectivity index is 2.22. The Bertz CT molecular complexity index is 720. The quantitative estimate of drug-likeness (QED) is 0.920. The molecule has 21 heavy (non-hydrogen) atoms. The molecular formula is C14H15FN2O3S. The lowest BCUT2D eigenvalue weighted by Crippen LogP contribution is -2.27. The minimum atomic E-state index is -3.70. The van der Waals surface area contributed by atoms with Crippen LogP contribution in [0.5, 0.6) is 5.75 Å². The van der Waals surface area contributed by atoms with Crippen LogP contribution in [0.2, 0.25) is 0 Å². The summed E-state index contributed by atoms with van der Waals surface area (Å²) in [5.74, 6) is -0.427. The zero-order chi connectivity index (χ0) is 15.5. The summed E-state index contributed by atoms with van der Waals surface area (Å²) in [4.78, 5) is 3.83. The number of nitrogens with zero attached hydrogens (tertiary/aromatic N) is 1. The van der Waals surface area contributed by atoms with Crippen LogP contribution >= 0.6 is 0 Å². The number of hydrogen-bond acceptors (Lipinski definition) is 4. The lowest BCUT2D eigenvalue weighted by atomic mass is 10.1. The Morgan fingerprint density at radius 1 is 1.33 bits per heavy atom. The molecule has 0 spiro atoms. The number of nitrogens with one attached hydrogen (secondary N) is 1. The number of methoxy groups -OCH3 is 1. The predicted molar refractivity (Wildman–Crippen MR) is 75.9 cm³/mol. The third kappa shape index (κ3) is 3.56. The van der Waals surface area contributed by atoms with Gasteiger partial charge in [-0.25, -0.2) is 17.5 Å². The Labute approximate surface area is 122 Å². The van der Waals surface area contributed by atoms with Crippen molar-refractivity contribution >= 4 is 10.0 Å². The fraction of sp³-hybridized carbons (Fsp3) is 0.214. The highest BCUT2D eigenvalue weighted by atomic mass is 32.2. The molecule has 0 aliphatic heterocycles. The van der Waals surface area contributed by atoms with Crippen molar-refractivity contribution in [1.82, 2.24) is 9.71 Å². The Kier molecular flexibility index (Phi) is 4.54. The van der Waals surface area contributed by atoms with Crippen molar-refractivity contribution in [3.8, 4) is 5.75 Å². The van der Waals surface area contributed by atoms with E-state index in [0.717, 1.165) is 0 Å². The van der Waals surface area contributed by atoms with Crippen LogP contribution in [-0.4, -0.2) is 20.5 Å². The summed E-state index contributed by atoms with van der Waals surface area (Å²) < 4.78 is 45.3. The van der Waals surface area contributed by atoms with E-state index in [1.807, 2.05) is 0 Å². The first-order chi connectivity index (χ1) is 9.94. The first kappa shape index (κ1) is 15.4. The highest BCUT2D eigenvalue weighted by Crippen LogP contribution is 2.22. The van der Waals surface area contributed by atoms with E-state index >= 15 is 0 Å². The minimum absolute atomic E-state index is 0.0610. The summed E-state index contributed by atoms with van der Waals surface area (Å²) in [7, 11) is -2.33. The molecule has 1 atom stereocenters. The van der Waals surface area contributed by atoms with Crippen LogP contribution in [0.15, 0.2) is 47.6 Å². The number of hydrogen-bond donors (Lipinski definition) is 1. The van der Waals surface area contributed by atoms with E-state index < -0.39 is 21.9 Å². The van der Waals surface area contributed by atoms with Crippen molar-refractivity contribution < 1.29 is 17.5 Å². The zero-order valence-electron chi connectivity index (χ0n) is 11.6. The molecule has 2 rings (SSSR count). The third-order valence-electron chi connectivity index (χ3n) is 2.95. The Morgan fingerprint density at radius 2 is 2.10 bits per heavy atom.